The van der Waals surface area contributed by atoms with Crippen molar-refractivity contribution in [2.45, 2.75) is 24.2 Å². The number of rotatable bonds is 3. The molecule has 126 valence electrons. The quantitative estimate of drug-likeness (QED) is 0.873. The third-order valence-electron chi connectivity index (χ3n) is 4.02. The van der Waals surface area contributed by atoms with Crippen LogP contribution >= 0.6 is 11.6 Å². The molecule has 24 heavy (non-hydrogen) atoms. The maximum absolute atomic E-state index is 14.1. The Hall–Kier alpha value is -1.76. The molecule has 0 unspecified atom stereocenters. The number of nitrogens with two attached hydrogens (primary N) is 1. The molecule has 2 N–H and O–H groups in total. The minimum absolute atomic E-state index is 0.324. The standard InChI is InChI=1S/C17H14ClF2NO2S/c18-12-4-1-3-10(7-12)13-5-2-6-14(13)11-8-15(19)17(16(20)9-11)24(21,22)23/h1,3-4,7-9H,2,5-6H2,(H2,21,22,23). The highest BCUT2D eigenvalue weighted by molar-refractivity contribution is 7.89. The number of allylic oxidation sites excluding steroid dienone is 2. The van der Waals surface area contributed by atoms with Crippen LogP contribution in [0, 0.1) is 11.6 Å². The molecule has 2 aromatic carbocycles. The maximum Gasteiger partial charge on any atom is 0.243 e. The smallest absolute Gasteiger partial charge is 0.224 e. The Morgan fingerprint density at radius 3 is 2.08 bits per heavy atom. The van der Waals surface area contributed by atoms with Crippen LogP contribution in [0.2, 0.25) is 5.02 Å². The molecule has 2 aromatic rings. The molecule has 0 spiro atoms. The Bertz CT molecular complexity index is 932. The summed E-state index contributed by atoms with van der Waals surface area (Å²) >= 11 is 6.02. The van der Waals surface area contributed by atoms with E-state index in [0.717, 1.165) is 41.7 Å². The Kier molecular flexibility index (Phi) is 4.46. The fraction of sp³-hybridized carbons (Fsp3) is 0.176. The van der Waals surface area contributed by atoms with Crippen LogP contribution in [0.5, 0.6) is 0 Å². The largest absolute Gasteiger partial charge is 0.243 e. The lowest BCUT2D eigenvalue weighted by atomic mass is 9.97. The van der Waals surface area contributed by atoms with E-state index >= 15 is 0 Å². The molecule has 0 heterocycles. The summed E-state index contributed by atoms with van der Waals surface area (Å²) < 4.78 is 50.8. The van der Waals surface area contributed by atoms with Gasteiger partial charge in [0.05, 0.1) is 0 Å². The van der Waals surface area contributed by atoms with Gasteiger partial charge in [-0.1, -0.05) is 23.7 Å². The first-order valence-electron chi connectivity index (χ1n) is 7.27. The van der Waals surface area contributed by atoms with Crippen molar-refractivity contribution < 1.29 is 17.2 Å². The number of primary sulfonamides is 1. The van der Waals surface area contributed by atoms with E-state index in [1.165, 1.54) is 0 Å². The highest BCUT2D eigenvalue weighted by Gasteiger charge is 2.24. The van der Waals surface area contributed by atoms with Crippen molar-refractivity contribution in [3.05, 3.63) is 64.2 Å². The summed E-state index contributed by atoms with van der Waals surface area (Å²) in [6.45, 7) is 0. The molecule has 7 heteroatoms. The van der Waals surface area contributed by atoms with Gasteiger partial charge in [0, 0.05) is 5.02 Å². The zero-order valence-corrected chi connectivity index (χ0v) is 14.1. The highest BCUT2D eigenvalue weighted by Crippen LogP contribution is 2.41. The molecule has 0 bridgehead atoms. The number of halogens is 3. The van der Waals surface area contributed by atoms with Crippen LogP contribution < -0.4 is 5.14 Å². The second-order valence-corrected chi connectivity index (χ2v) is 7.57. The molecule has 0 aliphatic heterocycles. The van der Waals surface area contributed by atoms with Gasteiger partial charge in [0.1, 0.15) is 11.6 Å². The number of benzene rings is 2. The van der Waals surface area contributed by atoms with Crippen molar-refractivity contribution in [3.63, 3.8) is 0 Å². The van der Waals surface area contributed by atoms with Gasteiger partial charge in [0.25, 0.3) is 0 Å². The van der Waals surface area contributed by atoms with E-state index < -0.39 is 26.6 Å². The molecule has 0 saturated carbocycles. The summed E-state index contributed by atoms with van der Waals surface area (Å²) in [5.41, 5.74) is 2.96. The molecule has 3 rings (SSSR count). The predicted octanol–water partition coefficient (Wildman–Crippen LogP) is 4.36. The van der Waals surface area contributed by atoms with E-state index in [2.05, 4.69) is 0 Å². The van der Waals surface area contributed by atoms with Gasteiger partial charge in [-0.15, -0.1) is 0 Å². The average Bonchev–Trinajstić information content (AvgIpc) is 2.94. The van der Waals surface area contributed by atoms with Crippen molar-refractivity contribution in [2.24, 2.45) is 5.14 Å². The molecule has 0 amide bonds. The Labute approximate surface area is 143 Å². The van der Waals surface area contributed by atoms with E-state index in [1.54, 1.807) is 12.1 Å². The second kappa shape index (κ2) is 6.27. The molecule has 0 atom stereocenters. The molecule has 1 aliphatic rings. The van der Waals surface area contributed by atoms with Gasteiger partial charge in [-0.2, -0.15) is 0 Å². The summed E-state index contributed by atoms with van der Waals surface area (Å²) in [4.78, 5) is -1.10. The summed E-state index contributed by atoms with van der Waals surface area (Å²) in [5, 5.41) is 5.44. The lowest BCUT2D eigenvalue weighted by Gasteiger charge is -2.11. The Balaban J connectivity index is 2.16. The summed E-state index contributed by atoms with van der Waals surface area (Å²) in [6, 6.07) is 9.29. The van der Waals surface area contributed by atoms with Gasteiger partial charge in [-0.05, 0) is 65.8 Å². The Morgan fingerprint density at radius 1 is 0.958 bits per heavy atom. The van der Waals surface area contributed by atoms with Crippen LogP contribution in [0.3, 0.4) is 0 Å². The maximum atomic E-state index is 14.1. The normalized spacial score (nSPS) is 15.2. The summed E-state index contributed by atoms with van der Waals surface area (Å²) in [7, 11) is -4.46. The van der Waals surface area contributed by atoms with E-state index in [1.807, 2.05) is 12.1 Å². The van der Waals surface area contributed by atoms with Crippen LogP contribution in [-0.4, -0.2) is 8.42 Å². The third kappa shape index (κ3) is 3.22. The molecule has 0 saturated heterocycles. The number of hydrogen-bond acceptors (Lipinski definition) is 2. The van der Waals surface area contributed by atoms with Crippen molar-refractivity contribution in [1.29, 1.82) is 0 Å². The molecule has 0 aromatic heterocycles. The zero-order valence-electron chi connectivity index (χ0n) is 12.5. The second-order valence-electron chi connectivity index (χ2n) is 5.64. The SMILES string of the molecule is NS(=O)(=O)c1c(F)cc(C2=C(c3cccc(Cl)c3)CCC2)cc1F. The first-order chi connectivity index (χ1) is 11.3. The Morgan fingerprint density at radius 2 is 1.54 bits per heavy atom. The van der Waals surface area contributed by atoms with Crippen molar-refractivity contribution in [3.8, 4) is 0 Å². The van der Waals surface area contributed by atoms with Crippen LogP contribution in [0.1, 0.15) is 30.4 Å². The molecular formula is C17H14ClF2NO2S. The highest BCUT2D eigenvalue weighted by atomic mass is 35.5. The van der Waals surface area contributed by atoms with E-state index in [9.17, 15) is 17.2 Å². The fourth-order valence-corrected chi connectivity index (χ4v) is 3.91. The molecule has 3 nitrogen and oxygen atoms in total. The lowest BCUT2D eigenvalue weighted by Crippen LogP contribution is -2.16. The molecule has 0 fully saturated rings. The van der Waals surface area contributed by atoms with Gasteiger partial charge in [-0.25, -0.2) is 22.3 Å². The average molecular weight is 370 g/mol. The third-order valence-corrected chi connectivity index (χ3v) is 5.22. The minimum Gasteiger partial charge on any atom is -0.224 e. The molecule has 1 aliphatic carbocycles. The van der Waals surface area contributed by atoms with Crippen LogP contribution in [0.15, 0.2) is 41.3 Å². The predicted molar refractivity (Wildman–Crippen MR) is 89.8 cm³/mol. The van der Waals surface area contributed by atoms with Crippen molar-refractivity contribution in [2.75, 3.05) is 0 Å². The number of sulfonamides is 1. The van der Waals surface area contributed by atoms with Gasteiger partial charge >= 0.3 is 0 Å². The first-order valence-corrected chi connectivity index (χ1v) is 9.20. The van der Waals surface area contributed by atoms with Gasteiger partial charge in [0.2, 0.25) is 10.0 Å². The minimum atomic E-state index is -4.46. The van der Waals surface area contributed by atoms with Crippen molar-refractivity contribution in [1.82, 2.24) is 0 Å². The fourth-order valence-electron chi connectivity index (χ4n) is 3.06. The lowest BCUT2D eigenvalue weighted by molar-refractivity contribution is 0.519. The van der Waals surface area contributed by atoms with Gasteiger partial charge in [0.15, 0.2) is 4.90 Å². The van der Waals surface area contributed by atoms with E-state index in [4.69, 9.17) is 16.7 Å². The van der Waals surface area contributed by atoms with Gasteiger partial charge < -0.3 is 0 Å². The van der Waals surface area contributed by atoms with Gasteiger partial charge in [-0.3, -0.25) is 0 Å². The van der Waals surface area contributed by atoms with Crippen molar-refractivity contribution >= 4 is 32.8 Å². The first kappa shape index (κ1) is 17.1. The molecular weight excluding hydrogens is 356 g/mol. The van der Waals surface area contributed by atoms with Crippen LogP contribution in [0.25, 0.3) is 11.1 Å². The topological polar surface area (TPSA) is 60.2 Å². The summed E-state index contributed by atoms with van der Waals surface area (Å²) in [6.07, 6.45) is 2.25. The molecule has 0 radical (unpaired) electrons. The van der Waals surface area contributed by atoms with E-state index in [0.29, 0.717) is 17.0 Å². The zero-order chi connectivity index (χ0) is 17.5. The van der Waals surface area contributed by atoms with Crippen LogP contribution in [0.4, 0.5) is 8.78 Å². The van der Waals surface area contributed by atoms with E-state index in [-0.39, 0.29) is 0 Å². The summed E-state index contributed by atoms with van der Waals surface area (Å²) in [5.74, 6) is -2.37. The van der Waals surface area contributed by atoms with Crippen LogP contribution in [-0.2, 0) is 10.0 Å². The number of hydrogen-bond donors (Lipinski definition) is 1. The monoisotopic (exact) mass is 369 g/mol.